The van der Waals surface area contributed by atoms with Crippen LogP contribution in [0, 0.1) is 0 Å². The summed E-state index contributed by atoms with van der Waals surface area (Å²) < 4.78 is 5.33. The fourth-order valence-corrected chi connectivity index (χ4v) is 2.87. The molecule has 120 valence electrons. The van der Waals surface area contributed by atoms with Gasteiger partial charge in [0.25, 0.3) is 0 Å². The van der Waals surface area contributed by atoms with Gasteiger partial charge in [-0.15, -0.1) is 0 Å². The molecule has 0 bridgehead atoms. The van der Waals surface area contributed by atoms with Crippen LogP contribution >= 0.6 is 0 Å². The largest absolute Gasteiger partial charge is 0.497 e. The first kappa shape index (κ1) is 16.6. The minimum Gasteiger partial charge on any atom is -0.497 e. The summed E-state index contributed by atoms with van der Waals surface area (Å²) in [5.41, 5.74) is 2.20. The lowest BCUT2D eigenvalue weighted by atomic mass is 10.0. The standard InChI is InChI=1S/C18H26N2O2/c1-14(2)11-18(21)19-13-17(20-9-4-5-10-20)15-7-6-8-16(12-15)22-3/h6-8,11-12,17H,4-5,9-10,13H2,1-3H3,(H,19,21). The molecule has 1 aliphatic heterocycles. The Morgan fingerprint density at radius 1 is 1.36 bits per heavy atom. The number of hydrogen-bond donors (Lipinski definition) is 1. The Morgan fingerprint density at radius 2 is 2.09 bits per heavy atom. The number of nitrogens with one attached hydrogen (secondary N) is 1. The van der Waals surface area contributed by atoms with Crippen molar-refractivity contribution < 1.29 is 9.53 Å². The van der Waals surface area contributed by atoms with E-state index in [9.17, 15) is 4.79 Å². The van der Waals surface area contributed by atoms with Crippen LogP contribution < -0.4 is 10.1 Å². The van der Waals surface area contributed by atoms with Crippen molar-refractivity contribution in [2.75, 3.05) is 26.7 Å². The zero-order valence-electron chi connectivity index (χ0n) is 13.8. The van der Waals surface area contributed by atoms with Crippen LogP contribution in [0.5, 0.6) is 5.75 Å². The maximum absolute atomic E-state index is 11.9. The topological polar surface area (TPSA) is 41.6 Å². The van der Waals surface area contributed by atoms with E-state index in [-0.39, 0.29) is 11.9 Å². The molecule has 1 aliphatic rings. The van der Waals surface area contributed by atoms with Crippen LogP contribution in [0.4, 0.5) is 0 Å². The summed E-state index contributed by atoms with van der Waals surface area (Å²) in [7, 11) is 1.68. The number of hydrogen-bond acceptors (Lipinski definition) is 3. The molecule has 1 N–H and O–H groups in total. The van der Waals surface area contributed by atoms with Crippen LogP contribution in [0.25, 0.3) is 0 Å². The number of ether oxygens (including phenoxy) is 1. The third-order valence-corrected chi connectivity index (χ3v) is 3.95. The molecule has 1 amide bonds. The number of carbonyl (C=O) groups is 1. The van der Waals surface area contributed by atoms with E-state index in [1.807, 2.05) is 26.0 Å². The second kappa shape index (κ2) is 7.99. The van der Waals surface area contributed by atoms with Gasteiger partial charge < -0.3 is 10.1 Å². The van der Waals surface area contributed by atoms with Gasteiger partial charge in [-0.1, -0.05) is 17.7 Å². The molecule has 1 aromatic rings. The van der Waals surface area contributed by atoms with Gasteiger partial charge in [0.2, 0.25) is 5.91 Å². The molecule has 0 aliphatic carbocycles. The van der Waals surface area contributed by atoms with Gasteiger partial charge in [0.05, 0.1) is 13.2 Å². The summed E-state index contributed by atoms with van der Waals surface area (Å²) in [6.07, 6.45) is 4.09. The smallest absolute Gasteiger partial charge is 0.243 e. The maximum atomic E-state index is 11.9. The van der Waals surface area contributed by atoms with Crippen LogP contribution in [0.15, 0.2) is 35.9 Å². The Bertz CT molecular complexity index is 530. The van der Waals surface area contributed by atoms with Crippen molar-refractivity contribution in [3.8, 4) is 5.75 Å². The third-order valence-electron chi connectivity index (χ3n) is 3.95. The summed E-state index contributed by atoms with van der Waals surface area (Å²) >= 11 is 0. The lowest BCUT2D eigenvalue weighted by Gasteiger charge is -2.28. The average Bonchev–Trinajstić information content (AvgIpc) is 3.01. The number of rotatable bonds is 6. The van der Waals surface area contributed by atoms with Gasteiger partial charge in [0, 0.05) is 12.6 Å². The summed E-state index contributed by atoms with van der Waals surface area (Å²) in [4.78, 5) is 14.3. The molecule has 2 rings (SSSR count). The van der Waals surface area contributed by atoms with Gasteiger partial charge in [-0.2, -0.15) is 0 Å². The maximum Gasteiger partial charge on any atom is 0.243 e. The molecular weight excluding hydrogens is 276 g/mol. The van der Waals surface area contributed by atoms with Gasteiger partial charge >= 0.3 is 0 Å². The number of benzene rings is 1. The number of carbonyl (C=O) groups excluding carboxylic acids is 1. The van der Waals surface area contributed by atoms with E-state index in [1.165, 1.54) is 18.4 Å². The van der Waals surface area contributed by atoms with E-state index >= 15 is 0 Å². The number of nitrogens with zero attached hydrogens (tertiary/aromatic N) is 1. The molecule has 0 radical (unpaired) electrons. The molecule has 1 aromatic carbocycles. The molecule has 1 fully saturated rings. The molecule has 22 heavy (non-hydrogen) atoms. The lowest BCUT2D eigenvalue weighted by molar-refractivity contribution is -0.116. The normalized spacial score (nSPS) is 16.1. The highest BCUT2D eigenvalue weighted by molar-refractivity contribution is 5.88. The Kier molecular flexibility index (Phi) is 6.01. The van der Waals surface area contributed by atoms with Crippen LogP contribution in [0.3, 0.4) is 0 Å². The summed E-state index contributed by atoms with van der Waals surface area (Å²) in [5, 5.41) is 3.03. The number of allylic oxidation sites excluding steroid dienone is 1. The van der Waals surface area contributed by atoms with Crippen LogP contribution in [-0.4, -0.2) is 37.6 Å². The van der Waals surface area contributed by atoms with Crippen molar-refractivity contribution in [1.82, 2.24) is 10.2 Å². The zero-order valence-corrected chi connectivity index (χ0v) is 13.8. The molecule has 1 saturated heterocycles. The van der Waals surface area contributed by atoms with Gasteiger partial charge in [-0.3, -0.25) is 9.69 Å². The number of likely N-dealkylation sites (tertiary alicyclic amines) is 1. The van der Waals surface area contributed by atoms with Crippen molar-refractivity contribution in [3.63, 3.8) is 0 Å². The Balaban J connectivity index is 2.12. The van der Waals surface area contributed by atoms with Crippen molar-refractivity contribution in [2.45, 2.75) is 32.7 Å². The van der Waals surface area contributed by atoms with Crippen molar-refractivity contribution in [3.05, 3.63) is 41.5 Å². The third kappa shape index (κ3) is 4.60. The van der Waals surface area contributed by atoms with Crippen LogP contribution in [-0.2, 0) is 4.79 Å². The monoisotopic (exact) mass is 302 g/mol. The average molecular weight is 302 g/mol. The first-order chi connectivity index (χ1) is 10.6. The Hall–Kier alpha value is -1.81. The highest BCUT2D eigenvalue weighted by Crippen LogP contribution is 2.27. The fraction of sp³-hybridized carbons (Fsp3) is 0.500. The van der Waals surface area contributed by atoms with E-state index in [2.05, 4.69) is 22.3 Å². The lowest BCUT2D eigenvalue weighted by Crippen LogP contribution is -2.36. The van der Waals surface area contributed by atoms with Gasteiger partial charge in [-0.05, 0) is 57.5 Å². The molecule has 1 heterocycles. The van der Waals surface area contributed by atoms with Crippen LogP contribution in [0.1, 0.15) is 38.3 Å². The van der Waals surface area contributed by atoms with E-state index in [0.29, 0.717) is 6.54 Å². The summed E-state index contributed by atoms with van der Waals surface area (Å²) in [6.45, 7) is 6.65. The predicted octanol–water partition coefficient (Wildman–Crippen LogP) is 2.91. The molecule has 1 atom stereocenters. The van der Waals surface area contributed by atoms with Gasteiger partial charge in [-0.25, -0.2) is 0 Å². The van der Waals surface area contributed by atoms with E-state index < -0.39 is 0 Å². The molecule has 4 nitrogen and oxygen atoms in total. The SMILES string of the molecule is COc1cccc(C(CNC(=O)C=C(C)C)N2CCCC2)c1. The number of amides is 1. The van der Waals surface area contributed by atoms with Gasteiger partial charge in [0.1, 0.15) is 5.75 Å². The highest BCUT2D eigenvalue weighted by Gasteiger charge is 2.24. The summed E-state index contributed by atoms with van der Waals surface area (Å²) in [6, 6.07) is 8.34. The van der Waals surface area contributed by atoms with Crippen molar-refractivity contribution in [2.24, 2.45) is 0 Å². The molecule has 4 heteroatoms. The molecule has 1 unspecified atom stereocenters. The van der Waals surface area contributed by atoms with Crippen molar-refractivity contribution >= 4 is 5.91 Å². The highest BCUT2D eigenvalue weighted by atomic mass is 16.5. The van der Waals surface area contributed by atoms with E-state index in [0.717, 1.165) is 24.4 Å². The predicted molar refractivity (Wildman–Crippen MR) is 89.0 cm³/mol. The first-order valence-electron chi connectivity index (χ1n) is 7.91. The number of methoxy groups -OCH3 is 1. The second-order valence-corrected chi connectivity index (χ2v) is 6.00. The van der Waals surface area contributed by atoms with E-state index in [4.69, 9.17) is 4.74 Å². The molecule has 0 spiro atoms. The minimum atomic E-state index is -0.0212. The Labute approximate surface area is 133 Å². The minimum absolute atomic E-state index is 0.0212. The zero-order chi connectivity index (χ0) is 15.9. The second-order valence-electron chi connectivity index (χ2n) is 6.00. The fourth-order valence-electron chi connectivity index (χ4n) is 2.87. The molecule has 0 aromatic heterocycles. The van der Waals surface area contributed by atoms with E-state index in [1.54, 1.807) is 13.2 Å². The Morgan fingerprint density at radius 3 is 2.73 bits per heavy atom. The van der Waals surface area contributed by atoms with Gasteiger partial charge in [0.15, 0.2) is 0 Å². The molecule has 0 saturated carbocycles. The van der Waals surface area contributed by atoms with Crippen LogP contribution in [0.2, 0.25) is 0 Å². The quantitative estimate of drug-likeness (QED) is 0.822. The first-order valence-corrected chi connectivity index (χ1v) is 7.91. The van der Waals surface area contributed by atoms with Crippen molar-refractivity contribution in [1.29, 1.82) is 0 Å². The summed E-state index contributed by atoms with van der Waals surface area (Å²) in [5.74, 6) is 0.837. The molecular formula is C18H26N2O2.